The van der Waals surface area contributed by atoms with E-state index in [2.05, 4.69) is 5.32 Å². The van der Waals surface area contributed by atoms with Crippen LogP contribution in [0.4, 0.5) is 18.9 Å². The van der Waals surface area contributed by atoms with Crippen molar-refractivity contribution in [2.45, 2.75) is 4.90 Å². The molecule has 0 aromatic heterocycles. The Balaban J connectivity index is 1.70. The molecule has 0 radical (unpaired) electrons. The number of sulfonamides is 1. The predicted octanol–water partition coefficient (Wildman–Crippen LogP) is 1.49. The summed E-state index contributed by atoms with van der Waals surface area (Å²) in [5.41, 5.74) is -0.783. The lowest BCUT2D eigenvalue weighted by atomic mass is 10.2. The molecule has 0 spiro atoms. The van der Waals surface area contributed by atoms with Crippen LogP contribution < -0.4 is 10.6 Å². The molecule has 2 amide bonds. The lowest BCUT2D eigenvalue weighted by Gasteiger charge is -2.26. The number of benzene rings is 2. The lowest BCUT2D eigenvalue weighted by Crippen LogP contribution is -2.41. The summed E-state index contributed by atoms with van der Waals surface area (Å²) in [4.78, 5) is 24.3. The smallest absolute Gasteiger partial charge is 0.253 e. The molecule has 0 unspecified atom stereocenters. The van der Waals surface area contributed by atoms with Gasteiger partial charge in [-0.3, -0.25) is 9.59 Å². The number of ether oxygens (including phenoxy) is 1. The summed E-state index contributed by atoms with van der Waals surface area (Å²) < 4.78 is 72.0. The number of hydrogen-bond donors (Lipinski definition) is 2. The van der Waals surface area contributed by atoms with Gasteiger partial charge >= 0.3 is 0 Å². The van der Waals surface area contributed by atoms with Crippen molar-refractivity contribution in [1.29, 1.82) is 0 Å². The number of halogens is 3. The third-order valence-corrected chi connectivity index (χ3v) is 6.40. The van der Waals surface area contributed by atoms with Crippen LogP contribution in [0.25, 0.3) is 0 Å². The van der Waals surface area contributed by atoms with Crippen molar-refractivity contribution in [3.63, 3.8) is 0 Å². The monoisotopic (exact) mass is 457 g/mol. The fraction of sp³-hybridized carbons (Fsp3) is 0.263. The molecule has 0 saturated carbocycles. The van der Waals surface area contributed by atoms with Gasteiger partial charge in [-0.2, -0.15) is 4.31 Å². The van der Waals surface area contributed by atoms with Gasteiger partial charge in [0.25, 0.3) is 5.91 Å². The molecule has 0 bridgehead atoms. The summed E-state index contributed by atoms with van der Waals surface area (Å²) in [7, 11) is -3.97. The van der Waals surface area contributed by atoms with Gasteiger partial charge < -0.3 is 15.4 Å². The summed E-state index contributed by atoms with van der Waals surface area (Å²) in [6.45, 7) is 0.0762. The zero-order valence-corrected chi connectivity index (χ0v) is 16.8. The summed E-state index contributed by atoms with van der Waals surface area (Å²) in [5, 5.41) is 4.24. The van der Waals surface area contributed by atoms with Gasteiger partial charge in [0.2, 0.25) is 15.9 Å². The quantitative estimate of drug-likeness (QED) is 0.640. The third-order valence-electron chi connectivity index (χ3n) is 4.44. The second-order valence-electron chi connectivity index (χ2n) is 6.47. The average Bonchev–Trinajstić information content (AvgIpc) is 2.78. The van der Waals surface area contributed by atoms with Gasteiger partial charge in [0.15, 0.2) is 17.5 Å². The number of morpholine rings is 1. The average molecular weight is 457 g/mol. The van der Waals surface area contributed by atoms with Crippen LogP contribution in [-0.4, -0.2) is 57.4 Å². The Labute approximate surface area is 176 Å². The van der Waals surface area contributed by atoms with Crippen LogP contribution in [0.5, 0.6) is 0 Å². The van der Waals surface area contributed by atoms with Crippen molar-refractivity contribution in [2.75, 3.05) is 38.2 Å². The summed E-state index contributed by atoms with van der Waals surface area (Å²) >= 11 is 0. The molecule has 1 saturated heterocycles. The normalized spacial score (nSPS) is 14.8. The predicted molar refractivity (Wildman–Crippen MR) is 103 cm³/mol. The summed E-state index contributed by atoms with van der Waals surface area (Å²) in [6.07, 6.45) is 0. The topological polar surface area (TPSA) is 105 Å². The van der Waals surface area contributed by atoms with Crippen molar-refractivity contribution >= 4 is 27.5 Å². The second-order valence-corrected chi connectivity index (χ2v) is 8.37. The van der Waals surface area contributed by atoms with Gasteiger partial charge in [-0.1, -0.05) is 12.1 Å². The highest BCUT2D eigenvalue weighted by Gasteiger charge is 2.30. The highest BCUT2D eigenvalue weighted by Crippen LogP contribution is 2.22. The van der Waals surface area contributed by atoms with Crippen LogP contribution >= 0.6 is 0 Å². The first-order valence-corrected chi connectivity index (χ1v) is 10.5. The molecule has 3 rings (SSSR count). The zero-order valence-electron chi connectivity index (χ0n) is 16.0. The molecule has 1 fully saturated rings. The molecule has 12 heteroatoms. The number of nitrogens with zero attached hydrogens (tertiary/aromatic N) is 1. The Morgan fingerprint density at radius 1 is 1.00 bits per heavy atom. The number of carbonyl (C=O) groups is 2. The molecule has 1 aliphatic heterocycles. The molecular weight excluding hydrogens is 439 g/mol. The molecule has 0 atom stereocenters. The number of rotatable bonds is 6. The van der Waals surface area contributed by atoms with Gasteiger partial charge in [-0.05, 0) is 24.3 Å². The third kappa shape index (κ3) is 5.03. The minimum atomic E-state index is -3.97. The Bertz CT molecular complexity index is 1100. The maximum atomic E-state index is 13.7. The number of hydrogen-bond acceptors (Lipinski definition) is 5. The van der Waals surface area contributed by atoms with Crippen molar-refractivity contribution in [3.8, 4) is 0 Å². The van der Waals surface area contributed by atoms with E-state index in [1.807, 2.05) is 5.32 Å². The lowest BCUT2D eigenvalue weighted by molar-refractivity contribution is -0.115. The molecule has 1 aliphatic rings. The number of anilines is 1. The van der Waals surface area contributed by atoms with E-state index in [4.69, 9.17) is 4.74 Å². The maximum absolute atomic E-state index is 13.7. The molecule has 0 aliphatic carbocycles. The van der Waals surface area contributed by atoms with Gasteiger partial charge in [0.05, 0.1) is 35.9 Å². The fourth-order valence-corrected chi connectivity index (χ4v) is 4.47. The Hall–Kier alpha value is -2.96. The first-order valence-electron chi connectivity index (χ1n) is 9.10. The minimum Gasteiger partial charge on any atom is -0.379 e. The van der Waals surface area contributed by atoms with E-state index in [0.29, 0.717) is 6.07 Å². The molecule has 2 N–H and O–H groups in total. The van der Waals surface area contributed by atoms with Gasteiger partial charge in [-0.25, -0.2) is 21.6 Å². The zero-order chi connectivity index (χ0) is 22.6. The largest absolute Gasteiger partial charge is 0.379 e. The van der Waals surface area contributed by atoms with E-state index >= 15 is 0 Å². The number of nitrogens with one attached hydrogen (secondary N) is 2. The molecule has 166 valence electrons. The standard InChI is InChI=1S/C19H18F3N3O5S/c20-13-5-6-14(18(22)17(13)21)24-16(26)11-23-19(27)12-3-1-2-4-15(12)31(28,29)25-7-9-30-10-8-25/h1-6H,7-11H2,(H,23,27)(H,24,26). The van der Waals surface area contributed by atoms with Crippen LogP contribution in [0.1, 0.15) is 10.4 Å². The molecule has 2 aromatic carbocycles. The van der Waals surface area contributed by atoms with E-state index < -0.39 is 51.5 Å². The van der Waals surface area contributed by atoms with Crippen molar-refractivity contribution in [3.05, 3.63) is 59.4 Å². The van der Waals surface area contributed by atoms with Crippen LogP contribution in [0.2, 0.25) is 0 Å². The van der Waals surface area contributed by atoms with Crippen molar-refractivity contribution < 1.29 is 35.9 Å². The minimum absolute atomic E-state index is 0.139. The van der Waals surface area contributed by atoms with E-state index in [9.17, 15) is 31.2 Å². The van der Waals surface area contributed by atoms with E-state index in [1.54, 1.807) is 0 Å². The first-order chi connectivity index (χ1) is 14.7. The van der Waals surface area contributed by atoms with Crippen molar-refractivity contribution in [1.82, 2.24) is 9.62 Å². The van der Waals surface area contributed by atoms with Crippen LogP contribution in [0.3, 0.4) is 0 Å². The highest BCUT2D eigenvalue weighted by atomic mass is 32.2. The van der Waals surface area contributed by atoms with Gasteiger partial charge in [-0.15, -0.1) is 0 Å². The summed E-state index contributed by atoms with van der Waals surface area (Å²) in [5.74, 6) is -6.52. The van der Waals surface area contributed by atoms with E-state index in [-0.39, 0.29) is 36.8 Å². The molecular formula is C19H18F3N3O5S. The van der Waals surface area contributed by atoms with Crippen molar-refractivity contribution in [2.24, 2.45) is 0 Å². The highest BCUT2D eigenvalue weighted by molar-refractivity contribution is 7.89. The van der Waals surface area contributed by atoms with Gasteiger partial charge in [0, 0.05) is 13.1 Å². The van der Waals surface area contributed by atoms with E-state index in [1.165, 1.54) is 28.6 Å². The number of carbonyl (C=O) groups excluding carboxylic acids is 2. The molecule has 1 heterocycles. The molecule has 8 nitrogen and oxygen atoms in total. The molecule has 31 heavy (non-hydrogen) atoms. The second kappa shape index (κ2) is 9.45. The molecule has 2 aromatic rings. The summed E-state index contributed by atoms with van der Waals surface area (Å²) in [6, 6.07) is 6.95. The van der Waals surface area contributed by atoms with Crippen LogP contribution in [0, 0.1) is 17.5 Å². The van der Waals surface area contributed by atoms with Crippen LogP contribution in [0.15, 0.2) is 41.3 Å². The van der Waals surface area contributed by atoms with Crippen LogP contribution in [-0.2, 0) is 19.6 Å². The SMILES string of the molecule is O=C(CNC(=O)c1ccccc1S(=O)(=O)N1CCOCC1)Nc1ccc(F)c(F)c1F. The first kappa shape index (κ1) is 22.7. The number of amides is 2. The Morgan fingerprint density at radius 2 is 1.68 bits per heavy atom. The Morgan fingerprint density at radius 3 is 2.39 bits per heavy atom. The van der Waals surface area contributed by atoms with Gasteiger partial charge in [0.1, 0.15) is 0 Å². The maximum Gasteiger partial charge on any atom is 0.253 e. The van der Waals surface area contributed by atoms with E-state index in [0.717, 1.165) is 6.07 Å². The Kier molecular flexibility index (Phi) is 6.93. The fourth-order valence-electron chi connectivity index (χ4n) is 2.88.